The Balaban J connectivity index is 0.917. The molecule has 16 atom stereocenters. The van der Waals surface area contributed by atoms with Crippen LogP contribution in [-0.2, 0) is 23.7 Å². The molecule has 2 aliphatic heterocycles. The fourth-order valence-electron chi connectivity index (χ4n) is 18.0. The number of esters is 1. The van der Waals surface area contributed by atoms with Crippen LogP contribution < -0.4 is 0 Å². The molecule has 0 aromatic rings. The molecule has 8 N–H and O–H groups in total. The van der Waals surface area contributed by atoms with Crippen LogP contribution in [-0.4, -0.2) is 128 Å². The minimum absolute atomic E-state index is 0.457. The summed E-state index contributed by atoms with van der Waals surface area (Å²) >= 11 is 0. The molecule has 0 bridgehead atoms. The van der Waals surface area contributed by atoms with Crippen LogP contribution in [0.25, 0.3) is 0 Å². The molecule has 0 aromatic heterocycles. The lowest BCUT2D eigenvalue weighted by Crippen LogP contribution is -2.63. The predicted octanol–water partition coefficient (Wildman–Crippen LogP) is 24.1. The average Bonchev–Trinajstić information content (AvgIpc) is 1.79. The monoisotopic (exact) mass is 1520 g/mol. The first-order valence-corrected chi connectivity index (χ1v) is 48.0. The van der Waals surface area contributed by atoms with Gasteiger partial charge in [-0.3, -0.25) is 4.79 Å². The van der Waals surface area contributed by atoms with E-state index in [1.54, 1.807) is 6.42 Å². The van der Waals surface area contributed by atoms with E-state index < -0.39 is 92.6 Å². The number of unbranched alkanes of at least 4 members (excludes halogenated alkanes) is 61. The topological polar surface area (TPSA) is 216 Å². The van der Waals surface area contributed by atoms with Crippen LogP contribution in [0.4, 0.5) is 0 Å². The Morgan fingerprint density at radius 3 is 0.785 bits per heavy atom. The van der Waals surface area contributed by atoms with Gasteiger partial charge < -0.3 is 59.8 Å². The van der Waals surface area contributed by atoms with Crippen molar-refractivity contribution in [3.05, 3.63) is 0 Å². The van der Waals surface area contributed by atoms with E-state index in [1.165, 1.54) is 405 Å². The molecule has 4 fully saturated rings. The van der Waals surface area contributed by atoms with Gasteiger partial charge in [0, 0.05) is 0 Å². The van der Waals surface area contributed by atoms with Gasteiger partial charge in [-0.1, -0.05) is 457 Å². The van der Waals surface area contributed by atoms with Crippen molar-refractivity contribution in [2.45, 2.75) is 550 Å². The van der Waals surface area contributed by atoms with E-state index in [-0.39, 0.29) is 0 Å². The molecule has 2 heterocycles. The molecule has 107 heavy (non-hydrogen) atoms. The fraction of sp³-hybridized carbons (Fsp3) is 0.989. The van der Waals surface area contributed by atoms with Gasteiger partial charge in [0.25, 0.3) is 0 Å². The van der Waals surface area contributed by atoms with E-state index in [0.29, 0.717) is 12.8 Å². The second kappa shape index (κ2) is 68.3. The highest BCUT2D eigenvalue weighted by Gasteiger charge is 2.50. The van der Waals surface area contributed by atoms with Crippen LogP contribution in [0.1, 0.15) is 483 Å². The average molecular weight is 1520 g/mol. The normalized spacial score (nSPS) is 24.9. The van der Waals surface area contributed by atoms with Crippen molar-refractivity contribution in [3.8, 4) is 0 Å². The highest BCUT2D eigenvalue weighted by Crippen LogP contribution is 2.47. The highest BCUT2D eigenvalue weighted by molar-refractivity contribution is 5.73. The summed E-state index contributed by atoms with van der Waals surface area (Å²) < 4.78 is 22.5. The zero-order valence-corrected chi connectivity index (χ0v) is 70.4. The van der Waals surface area contributed by atoms with Crippen molar-refractivity contribution in [3.63, 3.8) is 0 Å². The first-order chi connectivity index (χ1) is 52.5. The Morgan fingerprint density at radius 1 is 0.299 bits per heavy atom. The van der Waals surface area contributed by atoms with Gasteiger partial charge in [0.2, 0.25) is 0 Å². The van der Waals surface area contributed by atoms with Gasteiger partial charge in [0.15, 0.2) is 12.6 Å². The summed E-state index contributed by atoms with van der Waals surface area (Å²) in [6.07, 6.45) is 81.3. The molecule has 0 aromatic carbocycles. The van der Waals surface area contributed by atoms with Gasteiger partial charge in [-0.15, -0.1) is 0 Å². The molecule has 0 amide bonds. The summed E-state index contributed by atoms with van der Waals surface area (Å²) in [5.74, 6) is 2.90. The van der Waals surface area contributed by atoms with Gasteiger partial charge in [-0.25, -0.2) is 0 Å². The highest BCUT2D eigenvalue weighted by atomic mass is 16.8. The van der Waals surface area contributed by atoms with Gasteiger partial charge >= 0.3 is 5.97 Å². The molecule has 6 unspecified atom stereocenters. The van der Waals surface area contributed by atoms with Crippen molar-refractivity contribution >= 4 is 5.97 Å². The van der Waals surface area contributed by atoms with E-state index in [4.69, 9.17) is 18.9 Å². The first-order valence-electron chi connectivity index (χ1n) is 48.0. The van der Waals surface area contributed by atoms with Crippen LogP contribution in [0.15, 0.2) is 0 Å². The molecular formula is C94H180O13. The minimum Gasteiger partial charge on any atom is -0.463 e. The predicted molar refractivity (Wildman–Crippen MR) is 444 cm³/mol. The molecule has 0 radical (unpaired) electrons. The number of hydrogen-bond donors (Lipinski definition) is 8. The van der Waals surface area contributed by atoms with Crippen LogP contribution in [0, 0.1) is 29.6 Å². The molecule has 4 rings (SSSR count). The summed E-state index contributed by atoms with van der Waals surface area (Å²) in [7, 11) is 0. The summed E-state index contributed by atoms with van der Waals surface area (Å²) in [6.45, 7) is 3.38. The third-order valence-corrected chi connectivity index (χ3v) is 25.9. The van der Waals surface area contributed by atoms with Crippen molar-refractivity contribution < 1.29 is 64.6 Å². The maximum Gasteiger partial charge on any atom is 0.311 e. The van der Waals surface area contributed by atoms with Crippen LogP contribution >= 0.6 is 0 Å². The zero-order chi connectivity index (χ0) is 76.7. The lowest BCUT2D eigenvalue weighted by atomic mass is 9.91. The van der Waals surface area contributed by atoms with Crippen LogP contribution in [0.2, 0.25) is 0 Å². The maximum atomic E-state index is 13.9. The van der Waals surface area contributed by atoms with Crippen LogP contribution in [0.5, 0.6) is 0 Å². The van der Waals surface area contributed by atoms with E-state index >= 15 is 0 Å². The van der Waals surface area contributed by atoms with Gasteiger partial charge in [0.1, 0.15) is 55.4 Å². The Morgan fingerprint density at radius 2 is 0.523 bits per heavy atom. The standard InChI is InChI=1S/C94H180O13/c1-3-5-7-9-11-13-15-17-19-21-22-23-24-25-26-30-34-42-48-54-60-66-72-82(92(103)104-77-85-87(98)89(100)91(102)94(106-85)107-93-90(101)88(99)86(97)84(76-95)105-93)83(96)73-67-61-55-49-43-35-31-27-29-33-39-45-51-57-63-69-79-75-81(79)71-65-59-53-47-41-37-36-40-46-52-58-64-70-80-74-78(80)68-62-56-50-44-38-32-28-20-18-16-14-12-10-8-6-4-2/h78-91,93-102H,3-77H2,1-2H3/t78?,79?,80?,81?,82?,83?,84-,85-,86-,87-,88+,89+,90-,91-,93-,94-/m1/s1. The molecule has 13 heteroatoms. The summed E-state index contributed by atoms with van der Waals surface area (Å²) in [5.41, 5.74) is 0. The molecule has 13 nitrogen and oxygen atoms in total. The van der Waals surface area contributed by atoms with E-state index in [1.807, 2.05) is 0 Å². The number of aliphatic hydroxyl groups is 8. The quantitative estimate of drug-likeness (QED) is 0.0210. The summed E-state index contributed by atoms with van der Waals surface area (Å²) in [6, 6.07) is 0. The number of hydrogen-bond acceptors (Lipinski definition) is 13. The second-order valence-corrected chi connectivity index (χ2v) is 35.7. The fourth-order valence-corrected chi connectivity index (χ4v) is 18.0. The van der Waals surface area contributed by atoms with Crippen LogP contribution in [0.3, 0.4) is 0 Å². The van der Waals surface area contributed by atoms with Crippen molar-refractivity contribution in [2.24, 2.45) is 29.6 Å². The molecule has 0 spiro atoms. The lowest BCUT2D eigenvalue weighted by molar-refractivity contribution is -0.376. The maximum absolute atomic E-state index is 13.9. The zero-order valence-electron chi connectivity index (χ0n) is 70.4. The Hall–Kier alpha value is -0.970. The van der Waals surface area contributed by atoms with Crippen molar-refractivity contribution in [1.29, 1.82) is 0 Å². The van der Waals surface area contributed by atoms with E-state index in [0.717, 1.165) is 68.6 Å². The molecule has 634 valence electrons. The Kier molecular flexibility index (Phi) is 62.8. The summed E-state index contributed by atoms with van der Waals surface area (Å²) in [5, 5.41) is 84.6. The lowest BCUT2D eigenvalue weighted by Gasteiger charge is -2.44. The smallest absolute Gasteiger partial charge is 0.311 e. The third kappa shape index (κ3) is 50.2. The summed E-state index contributed by atoms with van der Waals surface area (Å²) in [4.78, 5) is 13.9. The van der Waals surface area contributed by atoms with Gasteiger partial charge in [-0.05, 0) is 49.4 Å². The van der Waals surface area contributed by atoms with Crippen molar-refractivity contribution in [2.75, 3.05) is 13.2 Å². The van der Waals surface area contributed by atoms with Crippen molar-refractivity contribution in [1.82, 2.24) is 0 Å². The number of ether oxygens (including phenoxy) is 4. The molecule has 2 saturated carbocycles. The Bertz CT molecular complexity index is 1930. The van der Waals surface area contributed by atoms with E-state index in [9.17, 15) is 45.6 Å². The van der Waals surface area contributed by atoms with Gasteiger partial charge in [0.05, 0.1) is 18.6 Å². The second-order valence-electron chi connectivity index (χ2n) is 35.7. The number of aliphatic hydroxyl groups excluding tert-OH is 8. The molecule has 2 saturated heterocycles. The SMILES string of the molecule is CCCCCCCCCCCCCCCCCCCCCCCCC(C(=O)OC[C@H]1O[C@H](O[C@H]2O[C@H](CO)[C@@H](O)[C@H](O)[C@H]2O)[C@H](O)[C@@H](O)[C@@H]1O)C(O)CCCCCCCCCCCCCCCCCC1CC1CCCCCCCCCCCCCCC1CC1CCCCCCCCCCCCCCCCCC. The third-order valence-electron chi connectivity index (χ3n) is 25.9. The molecule has 2 aliphatic carbocycles. The molecular weight excluding hydrogens is 1340 g/mol. The number of rotatable bonds is 80. The Labute approximate surface area is 660 Å². The number of carbonyl (C=O) groups excluding carboxylic acids is 1. The molecule has 4 aliphatic rings. The van der Waals surface area contributed by atoms with E-state index in [2.05, 4.69) is 13.8 Å². The minimum atomic E-state index is -1.82. The first kappa shape index (κ1) is 98.4. The largest absolute Gasteiger partial charge is 0.463 e. The van der Waals surface area contributed by atoms with Gasteiger partial charge in [-0.2, -0.15) is 0 Å². The number of carbonyl (C=O) groups is 1.